The highest BCUT2D eigenvalue weighted by Crippen LogP contribution is 2.23. The van der Waals surface area contributed by atoms with Gasteiger partial charge in [-0.15, -0.1) is 13.2 Å². The van der Waals surface area contributed by atoms with Crippen LogP contribution < -0.4 is 4.74 Å². The molecule has 0 saturated carbocycles. The molecule has 0 aliphatic heterocycles. The molecule has 90 valence electrons. The van der Waals surface area contributed by atoms with Crippen LogP contribution in [0, 0.1) is 6.92 Å². The van der Waals surface area contributed by atoms with Crippen LogP contribution in [-0.4, -0.2) is 21.1 Å². The smallest absolute Gasteiger partial charge is 0.406 e. The molecule has 4 nitrogen and oxygen atoms in total. The van der Waals surface area contributed by atoms with Crippen LogP contribution >= 0.6 is 0 Å². The highest BCUT2D eigenvalue weighted by atomic mass is 19.4. The van der Waals surface area contributed by atoms with Crippen molar-refractivity contribution in [2.45, 2.75) is 13.3 Å². The zero-order valence-electron chi connectivity index (χ0n) is 8.77. The summed E-state index contributed by atoms with van der Waals surface area (Å²) in [5.74, 6) is 0.318. The summed E-state index contributed by atoms with van der Waals surface area (Å²) in [6.45, 7) is 1.72. The molecule has 0 bridgehead atoms. The average Bonchev–Trinajstić information content (AvgIpc) is 2.63. The van der Waals surface area contributed by atoms with Crippen LogP contribution in [0.25, 0.3) is 5.69 Å². The number of hydrogen-bond donors (Lipinski definition) is 0. The normalized spacial score (nSPS) is 11.5. The summed E-state index contributed by atoms with van der Waals surface area (Å²) < 4.78 is 41.0. The van der Waals surface area contributed by atoms with E-state index in [1.807, 2.05) is 0 Å². The first-order chi connectivity index (χ1) is 7.94. The topological polar surface area (TPSA) is 39.9 Å². The standard InChI is InChI=1S/C10H8F3N3O/c1-7-14-6-16(15-7)8-2-4-9(5-3-8)17-10(11,12)13/h2-6H,1H3. The van der Waals surface area contributed by atoms with Crippen molar-refractivity contribution >= 4 is 0 Å². The number of rotatable bonds is 2. The van der Waals surface area contributed by atoms with Gasteiger partial charge < -0.3 is 4.74 Å². The molecule has 17 heavy (non-hydrogen) atoms. The van der Waals surface area contributed by atoms with E-state index in [0.717, 1.165) is 0 Å². The summed E-state index contributed by atoms with van der Waals surface area (Å²) in [7, 11) is 0. The predicted octanol–water partition coefficient (Wildman–Crippen LogP) is 2.47. The van der Waals surface area contributed by atoms with Gasteiger partial charge in [0.2, 0.25) is 0 Å². The Bertz CT molecular complexity index is 504. The second-order valence-corrected chi connectivity index (χ2v) is 3.28. The molecule has 0 amide bonds. The number of ether oxygens (including phenoxy) is 1. The maximum atomic E-state index is 11.9. The molecule has 2 aromatic rings. The van der Waals surface area contributed by atoms with Crippen LogP contribution in [-0.2, 0) is 0 Å². The number of benzene rings is 1. The Balaban J connectivity index is 2.19. The quantitative estimate of drug-likeness (QED) is 0.813. The molecule has 0 spiro atoms. The number of nitrogens with zero attached hydrogens (tertiary/aromatic N) is 3. The van der Waals surface area contributed by atoms with E-state index in [0.29, 0.717) is 11.5 Å². The lowest BCUT2D eigenvalue weighted by molar-refractivity contribution is -0.274. The fourth-order valence-corrected chi connectivity index (χ4v) is 1.27. The fraction of sp³-hybridized carbons (Fsp3) is 0.200. The van der Waals surface area contributed by atoms with Gasteiger partial charge >= 0.3 is 6.36 Å². The largest absolute Gasteiger partial charge is 0.573 e. The first-order valence-electron chi connectivity index (χ1n) is 4.68. The number of alkyl halides is 3. The van der Waals surface area contributed by atoms with Crippen molar-refractivity contribution in [3.8, 4) is 11.4 Å². The first-order valence-corrected chi connectivity index (χ1v) is 4.68. The van der Waals surface area contributed by atoms with E-state index >= 15 is 0 Å². The van der Waals surface area contributed by atoms with Crippen molar-refractivity contribution in [3.63, 3.8) is 0 Å². The third-order valence-corrected chi connectivity index (χ3v) is 1.94. The maximum absolute atomic E-state index is 11.9. The van der Waals surface area contributed by atoms with Gasteiger partial charge in [0, 0.05) is 0 Å². The molecule has 2 rings (SSSR count). The van der Waals surface area contributed by atoms with Crippen molar-refractivity contribution in [2.24, 2.45) is 0 Å². The van der Waals surface area contributed by atoms with Crippen LogP contribution in [0.15, 0.2) is 30.6 Å². The summed E-state index contributed by atoms with van der Waals surface area (Å²) in [6, 6.07) is 5.38. The lowest BCUT2D eigenvalue weighted by Gasteiger charge is -2.08. The molecule has 7 heteroatoms. The van der Waals surface area contributed by atoms with E-state index < -0.39 is 6.36 Å². The van der Waals surface area contributed by atoms with E-state index in [-0.39, 0.29) is 5.75 Å². The summed E-state index contributed by atoms with van der Waals surface area (Å²) in [4.78, 5) is 3.92. The van der Waals surface area contributed by atoms with Gasteiger partial charge in [0.25, 0.3) is 0 Å². The van der Waals surface area contributed by atoms with Crippen molar-refractivity contribution in [1.29, 1.82) is 0 Å². The van der Waals surface area contributed by atoms with Crippen molar-refractivity contribution < 1.29 is 17.9 Å². The highest BCUT2D eigenvalue weighted by Gasteiger charge is 2.30. The number of halogens is 3. The minimum atomic E-state index is -4.68. The lowest BCUT2D eigenvalue weighted by atomic mass is 10.3. The monoisotopic (exact) mass is 243 g/mol. The molecule has 0 fully saturated rings. The van der Waals surface area contributed by atoms with E-state index in [1.54, 1.807) is 6.92 Å². The molecular formula is C10H8F3N3O. The number of aromatic nitrogens is 3. The Morgan fingerprint density at radius 1 is 1.18 bits per heavy atom. The van der Waals surface area contributed by atoms with Crippen LogP contribution in [0.3, 0.4) is 0 Å². The summed E-state index contributed by atoms with van der Waals surface area (Å²) in [5, 5.41) is 4.03. The Morgan fingerprint density at radius 3 is 2.29 bits per heavy atom. The average molecular weight is 243 g/mol. The Morgan fingerprint density at radius 2 is 1.82 bits per heavy atom. The van der Waals surface area contributed by atoms with Crippen LogP contribution in [0.1, 0.15) is 5.82 Å². The minimum absolute atomic E-state index is 0.266. The van der Waals surface area contributed by atoms with E-state index in [4.69, 9.17) is 0 Å². The zero-order chi connectivity index (χ0) is 12.5. The summed E-state index contributed by atoms with van der Waals surface area (Å²) >= 11 is 0. The highest BCUT2D eigenvalue weighted by molar-refractivity contribution is 5.36. The molecule has 0 atom stereocenters. The van der Waals surface area contributed by atoms with Gasteiger partial charge in [0.15, 0.2) is 0 Å². The molecule has 0 unspecified atom stereocenters. The Labute approximate surface area is 94.7 Å². The van der Waals surface area contributed by atoms with Crippen LogP contribution in [0.2, 0.25) is 0 Å². The first kappa shape index (κ1) is 11.4. The Hall–Kier alpha value is -2.05. The molecule has 0 aliphatic carbocycles. The fourth-order valence-electron chi connectivity index (χ4n) is 1.27. The molecular weight excluding hydrogens is 235 g/mol. The molecule has 0 saturated heterocycles. The lowest BCUT2D eigenvalue weighted by Crippen LogP contribution is -2.17. The summed E-state index contributed by atoms with van der Waals surface area (Å²) in [5.41, 5.74) is 0.611. The van der Waals surface area contributed by atoms with E-state index in [1.165, 1.54) is 35.3 Å². The van der Waals surface area contributed by atoms with Gasteiger partial charge in [-0.3, -0.25) is 0 Å². The predicted molar refractivity (Wildman–Crippen MR) is 52.8 cm³/mol. The number of hydrogen-bond acceptors (Lipinski definition) is 3. The molecule has 1 aromatic heterocycles. The second kappa shape index (κ2) is 4.08. The van der Waals surface area contributed by atoms with Gasteiger partial charge in [-0.2, -0.15) is 5.10 Å². The number of aryl methyl sites for hydroxylation is 1. The molecule has 1 heterocycles. The van der Waals surface area contributed by atoms with Crippen LogP contribution in [0.5, 0.6) is 5.75 Å². The van der Waals surface area contributed by atoms with Gasteiger partial charge in [-0.05, 0) is 31.2 Å². The van der Waals surface area contributed by atoms with Crippen LogP contribution in [0.4, 0.5) is 13.2 Å². The summed E-state index contributed by atoms with van der Waals surface area (Å²) in [6.07, 6.45) is -3.19. The second-order valence-electron chi connectivity index (χ2n) is 3.28. The minimum Gasteiger partial charge on any atom is -0.406 e. The third-order valence-electron chi connectivity index (χ3n) is 1.94. The molecule has 1 aromatic carbocycles. The van der Waals surface area contributed by atoms with E-state index in [9.17, 15) is 13.2 Å². The Kier molecular flexibility index (Phi) is 2.74. The zero-order valence-corrected chi connectivity index (χ0v) is 8.77. The van der Waals surface area contributed by atoms with Gasteiger partial charge in [-0.1, -0.05) is 0 Å². The van der Waals surface area contributed by atoms with Crippen molar-refractivity contribution in [3.05, 3.63) is 36.4 Å². The van der Waals surface area contributed by atoms with Crippen molar-refractivity contribution in [1.82, 2.24) is 14.8 Å². The van der Waals surface area contributed by atoms with Gasteiger partial charge in [0.1, 0.15) is 17.9 Å². The maximum Gasteiger partial charge on any atom is 0.573 e. The third kappa shape index (κ3) is 2.96. The molecule has 0 aliphatic rings. The molecule has 0 N–H and O–H groups in total. The SMILES string of the molecule is Cc1ncn(-c2ccc(OC(F)(F)F)cc2)n1. The van der Waals surface area contributed by atoms with Gasteiger partial charge in [-0.25, -0.2) is 9.67 Å². The van der Waals surface area contributed by atoms with Gasteiger partial charge in [0.05, 0.1) is 5.69 Å². The van der Waals surface area contributed by atoms with Crippen molar-refractivity contribution in [2.75, 3.05) is 0 Å². The van der Waals surface area contributed by atoms with E-state index in [2.05, 4.69) is 14.8 Å². The molecule has 0 radical (unpaired) electrons.